The number of ketones is 1. The standard InChI is InChI=1S/C46H66ClN3O6/c1-26(2)36-30(51)21-45(34-25-50(27(3)55-34)46(19-20-46)38-48-23-28(47)24-49-38)18-17-43(9)29(37(36)45)11-12-32-42(8)15-14-33(56-35(52)22-40(4,5)39(53)54)41(6,7)31(42)13-16-44(32,43)10/h23-24,26-27,29,31-34H,11-22,25H2,1-10H3,(H,53,54)/t27?,29-,31+,32-,33+,34-,42+,43-,44-,45+/m1/s1. The zero-order valence-corrected chi connectivity index (χ0v) is 36.4. The zero-order chi connectivity index (χ0) is 40.6. The highest BCUT2D eigenvalue weighted by Gasteiger charge is 2.72. The summed E-state index contributed by atoms with van der Waals surface area (Å²) in [5.41, 5.74) is 0.789. The Bertz CT molecular complexity index is 1840. The van der Waals surface area contributed by atoms with Gasteiger partial charge in [-0.25, -0.2) is 9.97 Å². The summed E-state index contributed by atoms with van der Waals surface area (Å²) in [7, 11) is 0. The van der Waals surface area contributed by atoms with Crippen molar-refractivity contribution in [1.29, 1.82) is 0 Å². The minimum atomic E-state index is -1.16. The van der Waals surface area contributed by atoms with Gasteiger partial charge in [0.05, 0.1) is 28.5 Å². The summed E-state index contributed by atoms with van der Waals surface area (Å²) in [4.78, 5) is 51.2. The lowest BCUT2D eigenvalue weighted by Crippen LogP contribution is -2.66. The van der Waals surface area contributed by atoms with Crippen LogP contribution in [0.15, 0.2) is 23.5 Å². The Morgan fingerprint density at radius 3 is 2.27 bits per heavy atom. The van der Waals surface area contributed by atoms with Crippen LogP contribution in [0.4, 0.5) is 0 Å². The maximum Gasteiger partial charge on any atom is 0.309 e. The molecule has 6 fully saturated rings. The zero-order valence-electron chi connectivity index (χ0n) is 35.6. The summed E-state index contributed by atoms with van der Waals surface area (Å²) in [5.74, 6) is 1.14. The molecule has 1 aliphatic heterocycles. The molecule has 10 heteroatoms. The molecule has 10 atom stereocenters. The predicted molar refractivity (Wildman–Crippen MR) is 214 cm³/mol. The van der Waals surface area contributed by atoms with Gasteiger partial charge >= 0.3 is 11.9 Å². The van der Waals surface area contributed by atoms with Crippen molar-refractivity contribution in [3.05, 3.63) is 34.4 Å². The lowest BCUT2D eigenvalue weighted by Gasteiger charge is -2.72. The summed E-state index contributed by atoms with van der Waals surface area (Å²) in [6.45, 7) is 22.9. The minimum Gasteiger partial charge on any atom is -0.481 e. The van der Waals surface area contributed by atoms with Gasteiger partial charge in [-0.05, 0) is 130 Å². The van der Waals surface area contributed by atoms with E-state index in [4.69, 9.17) is 21.1 Å². The number of hydrogen-bond acceptors (Lipinski definition) is 8. The van der Waals surface area contributed by atoms with Crippen molar-refractivity contribution in [1.82, 2.24) is 14.9 Å². The number of esters is 1. The molecule has 0 bridgehead atoms. The van der Waals surface area contributed by atoms with Gasteiger partial charge in [-0.2, -0.15) is 0 Å². The van der Waals surface area contributed by atoms with Gasteiger partial charge < -0.3 is 14.6 Å². The molecule has 9 nitrogen and oxygen atoms in total. The number of aliphatic carboxylic acids is 1. The maximum absolute atomic E-state index is 14.4. The molecule has 1 N–H and O–H groups in total. The second-order valence-corrected chi connectivity index (χ2v) is 22.1. The molecule has 2 heterocycles. The van der Waals surface area contributed by atoms with Crippen molar-refractivity contribution >= 4 is 29.3 Å². The number of carbonyl (C=O) groups excluding carboxylic acids is 2. The number of carboxylic acids is 1. The van der Waals surface area contributed by atoms with Gasteiger partial charge in [0.15, 0.2) is 5.78 Å². The van der Waals surface area contributed by atoms with E-state index in [1.165, 1.54) is 5.57 Å². The summed E-state index contributed by atoms with van der Waals surface area (Å²) >= 11 is 6.20. The molecule has 0 spiro atoms. The fraction of sp³-hybridized carbons (Fsp3) is 0.804. The molecular weight excluding hydrogens is 726 g/mol. The van der Waals surface area contributed by atoms with Crippen LogP contribution in [0.1, 0.15) is 152 Å². The van der Waals surface area contributed by atoms with E-state index >= 15 is 0 Å². The molecule has 6 aliphatic carbocycles. The molecule has 1 aromatic heterocycles. The molecule has 0 radical (unpaired) electrons. The molecule has 1 unspecified atom stereocenters. The smallest absolute Gasteiger partial charge is 0.309 e. The Morgan fingerprint density at radius 1 is 0.964 bits per heavy atom. The molecule has 0 aromatic carbocycles. The fourth-order valence-corrected chi connectivity index (χ4v) is 14.8. The Kier molecular flexibility index (Phi) is 9.43. The summed E-state index contributed by atoms with van der Waals surface area (Å²) in [5, 5.41) is 10.2. The maximum atomic E-state index is 14.4. The number of nitrogens with zero attached hydrogens (tertiary/aromatic N) is 3. The SMILES string of the molecule is CC(C)C1=C2[C@H]3CC[C@@H]4[C@@]5(C)CC[C@H](OC(=O)CC(C)(C)C(=O)O)C(C)(C)[C@@H]5CC[C@@]4(C)[C@]3(C)CC[C@@]2([C@H]2CN(C3(c4ncc(Cl)cn4)CC3)C(C)O2)CC1=O. The average Bonchev–Trinajstić information content (AvgIpc) is 3.71. The van der Waals surface area contributed by atoms with Gasteiger partial charge in [0.25, 0.3) is 0 Å². The molecule has 56 heavy (non-hydrogen) atoms. The van der Waals surface area contributed by atoms with Crippen molar-refractivity contribution in [3.8, 4) is 0 Å². The van der Waals surface area contributed by atoms with Crippen molar-refractivity contribution in [3.63, 3.8) is 0 Å². The number of aromatic nitrogens is 2. The Balaban J connectivity index is 1.08. The van der Waals surface area contributed by atoms with Crippen LogP contribution in [0.5, 0.6) is 0 Å². The highest BCUT2D eigenvalue weighted by Crippen LogP contribution is 2.77. The van der Waals surface area contributed by atoms with Gasteiger partial charge in [-0.3, -0.25) is 19.3 Å². The highest BCUT2D eigenvalue weighted by molar-refractivity contribution is 6.30. The first-order valence-electron chi connectivity index (χ1n) is 21.7. The van der Waals surface area contributed by atoms with Crippen LogP contribution >= 0.6 is 11.6 Å². The van der Waals surface area contributed by atoms with Crippen LogP contribution < -0.4 is 0 Å². The Labute approximate surface area is 339 Å². The summed E-state index contributed by atoms with van der Waals surface area (Å²) < 4.78 is 13.3. The fourth-order valence-electron chi connectivity index (χ4n) is 14.7. The number of carboxylic acid groups (broad SMARTS) is 1. The van der Waals surface area contributed by atoms with Crippen LogP contribution in [-0.2, 0) is 29.4 Å². The van der Waals surface area contributed by atoms with E-state index in [2.05, 4.69) is 70.3 Å². The van der Waals surface area contributed by atoms with E-state index in [0.29, 0.717) is 35.0 Å². The summed E-state index contributed by atoms with van der Waals surface area (Å²) in [6, 6.07) is 0. The lowest BCUT2D eigenvalue weighted by atomic mass is 9.33. The van der Waals surface area contributed by atoms with Crippen molar-refractivity contribution < 1.29 is 29.0 Å². The first-order valence-corrected chi connectivity index (χ1v) is 22.1. The number of fused-ring (bicyclic) bond motifs is 7. The number of hydrogen-bond donors (Lipinski definition) is 1. The molecule has 8 rings (SSSR count). The molecule has 0 amide bonds. The minimum absolute atomic E-state index is 0.0299. The van der Waals surface area contributed by atoms with Crippen molar-refractivity contribution in [2.75, 3.05) is 6.54 Å². The van der Waals surface area contributed by atoms with Gasteiger partial charge in [0, 0.05) is 36.2 Å². The first kappa shape index (κ1) is 40.4. The summed E-state index contributed by atoms with van der Waals surface area (Å²) in [6.07, 6.45) is 13.6. The van der Waals surface area contributed by atoms with Gasteiger partial charge in [0.2, 0.25) is 0 Å². The predicted octanol–water partition coefficient (Wildman–Crippen LogP) is 9.56. The van der Waals surface area contributed by atoms with Gasteiger partial charge in [-0.15, -0.1) is 0 Å². The number of ether oxygens (including phenoxy) is 2. The van der Waals surface area contributed by atoms with E-state index in [-0.39, 0.29) is 63.4 Å². The van der Waals surface area contributed by atoms with E-state index < -0.39 is 17.4 Å². The highest BCUT2D eigenvalue weighted by atomic mass is 35.5. The van der Waals surface area contributed by atoms with E-state index in [9.17, 15) is 19.5 Å². The third kappa shape index (κ3) is 5.61. The van der Waals surface area contributed by atoms with Crippen molar-refractivity contribution in [2.24, 2.45) is 56.2 Å². The Hall–Kier alpha value is -2.36. The lowest BCUT2D eigenvalue weighted by molar-refractivity contribution is -0.235. The number of Topliss-reactive ketones (excluding diaryl/α,β-unsaturated/α-hetero) is 1. The molecular formula is C46H66ClN3O6. The monoisotopic (exact) mass is 791 g/mol. The second-order valence-electron chi connectivity index (χ2n) is 21.7. The Morgan fingerprint density at radius 2 is 1.64 bits per heavy atom. The second kappa shape index (κ2) is 13.1. The molecule has 1 aromatic rings. The van der Waals surface area contributed by atoms with Crippen LogP contribution in [-0.4, -0.2) is 62.7 Å². The topological polar surface area (TPSA) is 119 Å². The van der Waals surface area contributed by atoms with Crippen LogP contribution in [0.2, 0.25) is 5.02 Å². The average molecular weight is 793 g/mol. The van der Waals surface area contributed by atoms with Crippen LogP contribution in [0.3, 0.4) is 0 Å². The molecule has 308 valence electrons. The third-order valence-electron chi connectivity index (χ3n) is 18.0. The van der Waals surface area contributed by atoms with E-state index in [1.54, 1.807) is 26.2 Å². The van der Waals surface area contributed by atoms with Crippen LogP contribution in [0.25, 0.3) is 0 Å². The van der Waals surface area contributed by atoms with E-state index in [0.717, 1.165) is 82.2 Å². The first-order chi connectivity index (χ1) is 26.1. The van der Waals surface area contributed by atoms with Crippen LogP contribution in [0, 0.1) is 56.2 Å². The van der Waals surface area contributed by atoms with E-state index in [1.807, 2.05) is 0 Å². The number of allylic oxidation sites excluding steroid dienone is 1. The number of rotatable bonds is 8. The largest absolute Gasteiger partial charge is 0.481 e. The number of halogens is 1. The van der Waals surface area contributed by atoms with Crippen molar-refractivity contribution in [2.45, 2.75) is 170 Å². The normalized spacial score (nSPS) is 41.5. The van der Waals surface area contributed by atoms with Gasteiger partial charge in [0.1, 0.15) is 18.2 Å². The number of carbonyl (C=O) groups is 3. The molecule has 5 saturated carbocycles. The van der Waals surface area contributed by atoms with Gasteiger partial charge in [-0.1, -0.05) is 65.6 Å². The quantitative estimate of drug-likeness (QED) is 0.257. The molecule has 7 aliphatic rings. The third-order valence-corrected chi connectivity index (χ3v) is 18.1. The molecule has 1 saturated heterocycles.